The number of carbonyl (C=O) groups is 1. The number of hydrogen-bond donors (Lipinski definition) is 0. The summed E-state index contributed by atoms with van der Waals surface area (Å²) in [5.41, 5.74) is 0.947. The molecular formula is C16H26NO4S+. The molecule has 6 heteroatoms. The lowest BCUT2D eigenvalue weighted by molar-refractivity contribution is -0.870. The highest BCUT2D eigenvalue weighted by atomic mass is 32.2. The Morgan fingerprint density at radius 3 is 2.18 bits per heavy atom. The van der Waals surface area contributed by atoms with E-state index < -0.39 is 16.1 Å². The van der Waals surface area contributed by atoms with Gasteiger partial charge in [0.05, 0.1) is 27.7 Å². The predicted molar refractivity (Wildman–Crippen MR) is 85.8 cm³/mol. The van der Waals surface area contributed by atoms with Crippen LogP contribution in [0.25, 0.3) is 0 Å². The topological polar surface area (TPSA) is 60.4 Å². The number of aryl methyl sites for hydroxylation is 1. The first-order chi connectivity index (χ1) is 10.1. The van der Waals surface area contributed by atoms with Gasteiger partial charge in [0.25, 0.3) is 0 Å². The van der Waals surface area contributed by atoms with E-state index in [2.05, 4.69) is 25.3 Å². The van der Waals surface area contributed by atoms with Crippen molar-refractivity contribution in [3.8, 4) is 0 Å². The van der Waals surface area contributed by atoms with Crippen LogP contribution in [0.4, 0.5) is 0 Å². The first-order valence-electron chi connectivity index (χ1n) is 7.45. The number of quaternary nitrogens is 1. The van der Waals surface area contributed by atoms with Gasteiger partial charge < -0.3 is 8.67 Å². The maximum atomic E-state index is 11.9. The van der Waals surface area contributed by atoms with Crippen molar-refractivity contribution in [3.63, 3.8) is 0 Å². The molecule has 0 aliphatic heterocycles. The Kier molecular flexibility index (Phi) is 6.56. The standard InChI is InChI=1S/C16H26NO4S/c1-14-9-11-15(12-10-14)22(19,20)21-16(18)8-6-5-7-13-17(2,3)4/h9-12H,5-8,13H2,1-4H3/q+1. The van der Waals surface area contributed by atoms with Crippen LogP contribution in [0.3, 0.4) is 0 Å². The maximum Gasteiger partial charge on any atom is 0.341 e. The van der Waals surface area contributed by atoms with E-state index in [1.165, 1.54) is 12.1 Å². The molecule has 0 aromatic heterocycles. The van der Waals surface area contributed by atoms with E-state index in [4.69, 9.17) is 0 Å². The summed E-state index contributed by atoms with van der Waals surface area (Å²) >= 11 is 0. The third kappa shape index (κ3) is 7.04. The number of unbranched alkanes of at least 4 members (excludes halogenated alkanes) is 2. The van der Waals surface area contributed by atoms with Gasteiger partial charge in [0.1, 0.15) is 4.90 Å². The van der Waals surface area contributed by atoms with Gasteiger partial charge in [-0.1, -0.05) is 17.7 Å². The second kappa shape index (κ2) is 7.74. The number of benzene rings is 1. The minimum atomic E-state index is -3.99. The fourth-order valence-corrected chi connectivity index (χ4v) is 2.84. The Balaban J connectivity index is 2.39. The van der Waals surface area contributed by atoms with Crippen LogP contribution in [0.2, 0.25) is 0 Å². The van der Waals surface area contributed by atoms with Gasteiger partial charge in [0.2, 0.25) is 0 Å². The molecule has 0 spiro atoms. The van der Waals surface area contributed by atoms with Gasteiger partial charge in [-0.05, 0) is 38.3 Å². The lowest BCUT2D eigenvalue weighted by Crippen LogP contribution is -2.35. The van der Waals surface area contributed by atoms with Crippen LogP contribution in [-0.4, -0.2) is 46.6 Å². The van der Waals surface area contributed by atoms with Gasteiger partial charge >= 0.3 is 16.1 Å². The summed E-state index contributed by atoms with van der Waals surface area (Å²) in [5, 5.41) is 0. The molecule has 0 radical (unpaired) electrons. The molecule has 1 aromatic carbocycles. The molecule has 0 saturated carbocycles. The highest BCUT2D eigenvalue weighted by molar-refractivity contribution is 7.87. The Labute approximate surface area is 133 Å². The minimum absolute atomic E-state index is 0.0106. The molecular weight excluding hydrogens is 302 g/mol. The summed E-state index contributed by atoms with van der Waals surface area (Å²) in [7, 11) is 2.35. The molecule has 1 rings (SSSR count). The van der Waals surface area contributed by atoms with Crippen LogP contribution in [-0.2, 0) is 19.1 Å². The molecule has 0 heterocycles. The van der Waals surface area contributed by atoms with Crippen molar-refractivity contribution in [1.82, 2.24) is 0 Å². The van der Waals surface area contributed by atoms with Crippen LogP contribution in [0.1, 0.15) is 31.2 Å². The quantitative estimate of drug-likeness (QED) is 0.418. The second-order valence-corrected chi connectivity index (χ2v) is 8.09. The molecule has 0 aliphatic carbocycles. The third-order valence-corrected chi connectivity index (χ3v) is 4.48. The van der Waals surface area contributed by atoms with Crippen LogP contribution >= 0.6 is 0 Å². The second-order valence-electron chi connectivity index (χ2n) is 6.55. The first-order valence-corrected chi connectivity index (χ1v) is 8.85. The fraction of sp³-hybridized carbons (Fsp3) is 0.562. The monoisotopic (exact) mass is 328 g/mol. The van der Waals surface area contributed by atoms with E-state index in [0.29, 0.717) is 6.42 Å². The molecule has 0 saturated heterocycles. The van der Waals surface area contributed by atoms with Crippen molar-refractivity contribution in [1.29, 1.82) is 0 Å². The smallest absolute Gasteiger partial charge is 0.341 e. The largest absolute Gasteiger partial charge is 0.342 e. The van der Waals surface area contributed by atoms with Gasteiger partial charge in [0, 0.05) is 6.42 Å². The van der Waals surface area contributed by atoms with Crippen LogP contribution in [0, 0.1) is 6.92 Å². The zero-order valence-corrected chi connectivity index (χ0v) is 14.6. The van der Waals surface area contributed by atoms with Crippen molar-refractivity contribution >= 4 is 16.1 Å². The zero-order valence-electron chi connectivity index (χ0n) is 13.8. The Bertz CT molecular complexity index is 586. The van der Waals surface area contributed by atoms with Crippen molar-refractivity contribution < 1.29 is 21.9 Å². The van der Waals surface area contributed by atoms with E-state index in [1.807, 2.05) is 6.92 Å². The van der Waals surface area contributed by atoms with Crippen molar-refractivity contribution in [2.75, 3.05) is 27.7 Å². The van der Waals surface area contributed by atoms with Gasteiger partial charge in [-0.3, -0.25) is 4.79 Å². The first kappa shape index (κ1) is 18.6. The summed E-state index contributed by atoms with van der Waals surface area (Å²) in [6.45, 7) is 2.88. The average molecular weight is 328 g/mol. The third-order valence-electron chi connectivity index (χ3n) is 3.22. The Morgan fingerprint density at radius 2 is 1.64 bits per heavy atom. The summed E-state index contributed by atoms with van der Waals surface area (Å²) in [4.78, 5) is 11.7. The van der Waals surface area contributed by atoms with Crippen LogP contribution in [0.15, 0.2) is 29.2 Å². The lowest BCUT2D eigenvalue weighted by Gasteiger charge is -2.23. The summed E-state index contributed by atoms with van der Waals surface area (Å²) < 4.78 is 29.4. The molecule has 1 aromatic rings. The SMILES string of the molecule is Cc1ccc(S(=O)(=O)OC(=O)CCCCC[N+](C)(C)C)cc1. The molecule has 0 bridgehead atoms. The van der Waals surface area contributed by atoms with Crippen molar-refractivity contribution in [3.05, 3.63) is 29.8 Å². The van der Waals surface area contributed by atoms with Gasteiger partial charge in [-0.25, -0.2) is 0 Å². The van der Waals surface area contributed by atoms with E-state index in [1.54, 1.807) is 12.1 Å². The summed E-state index contributed by atoms with van der Waals surface area (Å²) in [6.07, 6.45) is 2.65. The average Bonchev–Trinajstić information content (AvgIpc) is 2.36. The minimum Gasteiger partial charge on any atom is -0.342 e. The normalized spacial score (nSPS) is 12.2. The van der Waals surface area contributed by atoms with E-state index >= 15 is 0 Å². The highest BCUT2D eigenvalue weighted by Gasteiger charge is 2.19. The number of nitrogens with zero attached hydrogens (tertiary/aromatic N) is 1. The van der Waals surface area contributed by atoms with Gasteiger partial charge in [-0.2, -0.15) is 8.42 Å². The Morgan fingerprint density at radius 1 is 1.05 bits per heavy atom. The molecule has 124 valence electrons. The molecule has 0 atom stereocenters. The molecule has 0 aliphatic rings. The van der Waals surface area contributed by atoms with Crippen molar-refractivity contribution in [2.24, 2.45) is 0 Å². The maximum absolute atomic E-state index is 11.9. The Hall–Kier alpha value is -1.40. The van der Waals surface area contributed by atoms with Crippen LogP contribution < -0.4 is 0 Å². The molecule has 0 amide bonds. The van der Waals surface area contributed by atoms with E-state index in [0.717, 1.165) is 29.4 Å². The number of carbonyl (C=O) groups excluding carboxylic acids is 1. The molecule has 0 fully saturated rings. The fourth-order valence-electron chi connectivity index (χ4n) is 1.95. The van der Waals surface area contributed by atoms with E-state index in [-0.39, 0.29) is 11.3 Å². The van der Waals surface area contributed by atoms with Gasteiger partial charge in [-0.15, -0.1) is 0 Å². The summed E-state index contributed by atoms with van der Waals surface area (Å²) in [6, 6.07) is 6.23. The van der Waals surface area contributed by atoms with Crippen molar-refractivity contribution in [2.45, 2.75) is 37.5 Å². The molecule has 0 N–H and O–H groups in total. The van der Waals surface area contributed by atoms with Gasteiger partial charge in [0.15, 0.2) is 0 Å². The number of hydrogen-bond acceptors (Lipinski definition) is 4. The van der Waals surface area contributed by atoms with Crippen LogP contribution in [0.5, 0.6) is 0 Å². The zero-order chi connectivity index (χ0) is 16.8. The number of rotatable bonds is 8. The highest BCUT2D eigenvalue weighted by Crippen LogP contribution is 2.15. The molecule has 0 unspecified atom stereocenters. The molecule has 22 heavy (non-hydrogen) atoms. The molecule has 5 nitrogen and oxygen atoms in total. The van der Waals surface area contributed by atoms with E-state index in [9.17, 15) is 13.2 Å². The summed E-state index contributed by atoms with van der Waals surface area (Å²) in [5.74, 6) is -0.689. The lowest BCUT2D eigenvalue weighted by atomic mass is 10.2. The predicted octanol–water partition coefficient (Wildman–Crippen LogP) is 2.49.